The number of nitrogens with one attached hydrogen (secondary N) is 1. The standard InChI is InChI=1S/C33H36N2O2.C11H16S.C9H14.C9H16/c1-6-7-9-14-25(3)29-23-27(20-21-32(29)36-5)35-30-17-13-19-33(28(30)16-10-8-11-22-34-35)37-31-18-12-15-24(2)26(31)4;1-4-9(2)10-5-7-11(12-3)8-6-10;1-4-5-6-7-8-9(2)3;1-4-6-7-8-9(3)5-2/h6-15,17,19-23,31,34H,3,16,18H2,1-2,4-5H3;5-9H,4H2,1-3H3;4-9H,1H2,2-3H3;4,6-9H,5H2,1-3H3/b7-6-,10-8-,14-9-,22-11-;;6-5-,8-7-;6-4-,8-7-. The highest BCUT2D eigenvalue weighted by Crippen LogP contribution is 2.38. The van der Waals surface area contributed by atoms with Crippen molar-refractivity contribution >= 4 is 28.7 Å². The number of rotatable bonds is 16. The van der Waals surface area contributed by atoms with Gasteiger partial charge < -0.3 is 14.9 Å². The van der Waals surface area contributed by atoms with E-state index in [4.69, 9.17) is 9.47 Å². The number of allylic oxidation sites excluding steroid dienone is 19. The van der Waals surface area contributed by atoms with Gasteiger partial charge in [-0.1, -0.05) is 183 Å². The average Bonchev–Trinajstić information content (AvgIpc) is 3.45. The zero-order chi connectivity index (χ0) is 49.4. The SMILES string of the molecule is C/C=C\C=C/C(C)CC.C=C(/C=C\C=C/C)c1cc(N2N/C=C\C=C/Cc3c(OC4CC=CC(C)=C4C)cccc32)ccc1OC.C=C/C=C\C=C/C(C)C.CCC(C)c1ccc(SC)cc1. The molecule has 5 heteroatoms. The lowest BCUT2D eigenvalue weighted by molar-refractivity contribution is 0.236. The van der Waals surface area contributed by atoms with Gasteiger partial charge in [0.15, 0.2) is 0 Å². The molecule has 0 saturated carbocycles. The molecule has 3 aromatic rings. The zero-order valence-electron chi connectivity index (χ0n) is 43.0. The molecule has 1 N–H and O–H groups in total. The Bertz CT molecular complexity index is 2240. The number of hydrogen-bond donors (Lipinski definition) is 1. The molecule has 3 unspecified atom stereocenters. The highest BCUT2D eigenvalue weighted by Gasteiger charge is 2.22. The van der Waals surface area contributed by atoms with E-state index >= 15 is 0 Å². The van der Waals surface area contributed by atoms with Gasteiger partial charge in [-0.2, -0.15) is 0 Å². The van der Waals surface area contributed by atoms with Crippen LogP contribution in [0.3, 0.4) is 0 Å². The summed E-state index contributed by atoms with van der Waals surface area (Å²) in [7, 11) is 1.69. The van der Waals surface area contributed by atoms with Crippen LogP contribution in [0, 0.1) is 11.8 Å². The van der Waals surface area contributed by atoms with E-state index in [9.17, 15) is 0 Å². The molecule has 0 aromatic heterocycles. The molecular weight excluding hydrogens is 837 g/mol. The first-order valence-corrected chi connectivity index (χ1v) is 25.2. The fraction of sp³-hybridized carbons (Fsp3) is 0.323. The Morgan fingerprint density at radius 3 is 2.19 bits per heavy atom. The largest absolute Gasteiger partial charge is 0.496 e. The van der Waals surface area contributed by atoms with Crippen LogP contribution in [0.4, 0.5) is 11.4 Å². The van der Waals surface area contributed by atoms with Crippen molar-refractivity contribution in [1.82, 2.24) is 5.43 Å². The minimum absolute atomic E-state index is 0.0347. The number of hydrazine groups is 1. The van der Waals surface area contributed by atoms with Gasteiger partial charge in [-0.05, 0) is 135 Å². The number of ether oxygens (including phenoxy) is 2. The smallest absolute Gasteiger partial charge is 0.126 e. The fourth-order valence-corrected chi connectivity index (χ4v) is 6.99. The van der Waals surface area contributed by atoms with Gasteiger partial charge in [0, 0.05) is 28.6 Å². The van der Waals surface area contributed by atoms with Gasteiger partial charge in [0.25, 0.3) is 0 Å². The molecule has 1 aliphatic heterocycles. The molecule has 0 bridgehead atoms. The number of nitrogens with zero attached hydrogens (tertiary/aromatic N) is 1. The summed E-state index contributed by atoms with van der Waals surface area (Å²) in [6.45, 7) is 29.4. The van der Waals surface area contributed by atoms with Crippen molar-refractivity contribution in [3.05, 3.63) is 217 Å². The summed E-state index contributed by atoms with van der Waals surface area (Å²) in [5, 5.41) is 2.09. The van der Waals surface area contributed by atoms with Crippen LogP contribution in [0.1, 0.15) is 111 Å². The lowest BCUT2D eigenvalue weighted by Crippen LogP contribution is -2.30. The lowest BCUT2D eigenvalue weighted by atomic mass is 9.97. The summed E-state index contributed by atoms with van der Waals surface area (Å²) in [4.78, 5) is 1.35. The Morgan fingerprint density at radius 1 is 0.836 bits per heavy atom. The van der Waals surface area contributed by atoms with Crippen LogP contribution in [0.2, 0.25) is 0 Å². The molecule has 1 aliphatic carbocycles. The van der Waals surface area contributed by atoms with Gasteiger partial charge in [-0.15, -0.1) is 11.8 Å². The number of fused-ring (bicyclic) bond motifs is 1. The highest BCUT2D eigenvalue weighted by atomic mass is 32.2. The van der Waals surface area contributed by atoms with Gasteiger partial charge in [0.05, 0.1) is 18.5 Å². The number of thioether (sulfide) groups is 1. The van der Waals surface area contributed by atoms with E-state index in [1.807, 2.05) is 80.8 Å². The quantitative estimate of drug-likeness (QED) is 0.114. The topological polar surface area (TPSA) is 33.7 Å². The van der Waals surface area contributed by atoms with Crippen LogP contribution in [-0.2, 0) is 6.42 Å². The molecule has 0 fully saturated rings. The molecule has 67 heavy (non-hydrogen) atoms. The second-order valence-corrected chi connectivity index (χ2v) is 17.6. The predicted octanol–water partition coefficient (Wildman–Crippen LogP) is 18.2. The third-order valence-corrected chi connectivity index (χ3v) is 12.0. The van der Waals surface area contributed by atoms with Crippen molar-refractivity contribution in [2.45, 2.75) is 112 Å². The lowest BCUT2D eigenvalue weighted by Gasteiger charge is -2.30. The Labute approximate surface area is 412 Å². The van der Waals surface area contributed by atoms with E-state index in [1.54, 1.807) is 24.9 Å². The molecule has 3 aromatic carbocycles. The van der Waals surface area contributed by atoms with Crippen LogP contribution in [0.25, 0.3) is 5.57 Å². The van der Waals surface area contributed by atoms with Crippen LogP contribution in [-0.4, -0.2) is 19.5 Å². The number of methoxy groups -OCH3 is 1. The molecule has 4 nitrogen and oxygen atoms in total. The summed E-state index contributed by atoms with van der Waals surface area (Å²) in [6.07, 6.45) is 45.0. The second kappa shape index (κ2) is 33.5. The first-order valence-electron chi connectivity index (χ1n) is 24.0. The molecular formula is C62H82N2O2S. The van der Waals surface area contributed by atoms with Crippen LogP contribution in [0.5, 0.6) is 11.5 Å². The fourth-order valence-electron chi connectivity index (χ4n) is 6.58. The Morgan fingerprint density at radius 2 is 1.55 bits per heavy atom. The maximum absolute atomic E-state index is 6.64. The molecule has 0 amide bonds. The number of anilines is 2. The van der Waals surface area contributed by atoms with Gasteiger partial charge in [0.1, 0.15) is 17.6 Å². The molecule has 0 radical (unpaired) electrons. The predicted molar refractivity (Wildman–Crippen MR) is 300 cm³/mol. The summed E-state index contributed by atoms with van der Waals surface area (Å²) in [6, 6.07) is 21.3. The average molecular weight is 919 g/mol. The minimum Gasteiger partial charge on any atom is -0.496 e. The summed E-state index contributed by atoms with van der Waals surface area (Å²) >= 11 is 1.80. The molecule has 0 saturated heterocycles. The minimum atomic E-state index is 0.0347. The summed E-state index contributed by atoms with van der Waals surface area (Å²) in [5.74, 6) is 3.73. The maximum atomic E-state index is 6.64. The van der Waals surface area contributed by atoms with Crippen molar-refractivity contribution in [2.75, 3.05) is 18.4 Å². The van der Waals surface area contributed by atoms with Crippen LogP contribution >= 0.6 is 11.8 Å². The molecule has 3 atom stereocenters. The third-order valence-electron chi connectivity index (χ3n) is 11.2. The summed E-state index contributed by atoms with van der Waals surface area (Å²) < 4.78 is 12.3. The van der Waals surface area contributed by atoms with E-state index in [2.05, 4.69) is 188 Å². The van der Waals surface area contributed by atoms with Gasteiger partial charge in [-0.25, -0.2) is 0 Å². The molecule has 358 valence electrons. The van der Waals surface area contributed by atoms with Gasteiger partial charge >= 0.3 is 0 Å². The van der Waals surface area contributed by atoms with E-state index in [-0.39, 0.29) is 6.10 Å². The van der Waals surface area contributed by atoms with E-state index < -0.39 is 0 Å². The van der Waals surface area contributed by atoms with Crippen molar-refractivity contribution in [1.29, 1.82) is 0 Å². The third kappa shape index (κ3) is 21.1. The van der Waals surface area contributed by atoms with Gasteiger partial charge in [-0.3, -0.25) is 5.01 Å². The maximum Gasteiger partial charge on any atom is 0.126 e. The molecule has 2 aliphatic rings. The van der Waals surface area contributed by atoms with Crippen molar-refractivity contribution in [2.24, 2.45) is 11.8 Å². The second-order valence-electron chi connectivity index (χ2n) is 16.7. The molecule has 1 heterocycles. The normalized spacial score (nSPS) is 16.6. The monoisotopic (exact) mass is 919 g/mol. The van der Waals surface area contributed by atoms with Crippen molar-refractivity contribution in [3.8, 4) is 11.5 Å². The highest BCUT2D eigenvalue weighted by molar-refractivity contribution is 7.98. The van der Waals surface area contributed by atoms with E-state index in [0.29, 0.717) is 11.8 Å². The first kappa shape index (κ1) is 57.2. The Balaban J connectivity index is 0.000000414. The number of hydrogen-bond acceptors (Lipinski definition) is 5. The van der Waals surface area contributed by atoms with E-state index in [0.717, 1.165) is 58.3 Å². The number of benzene rings is 3. The van der Waals surface area contributed by atoms with Gasteiger partial charge in [0.2, 0.25) is 0 Å². The van der Waals surface area contributed by atoms with E-state index in [1.165, 1.54) is 34.4 Å². The molecule has 0 spiro atoms. The Hall–Kier alpha value is -5.91. The first-order chi connectivity index (χ1) is 32.4. The van der Waals surface area contributed by atoms with Crippen molar-refractivity contribution < 1.29 is 9.47 Å². The molecule has 5 rings (SSSR count). The Kier molecular flexibility index (Phi) is 28.6. The van der Waals surface area contributed by atoms with Crippen molar-refractivity contribution in [3.63, 3.8) is 0 Å². The van der Waals surface area contributed by atoms with Crippen LogP contribution < -0.4 is 19.9 Å². The summed E-state index contributed by atoms with van der Waals surface area (Å²) in [5.41, 5.74) is 12.4. The van der Waals surface area contributed by atoms with Crippen LogP contribution in [0.15, 0.2) is 205 Å². The zero-order valence-corrected chi connectivity index (χ0v) is 43.8.